The summed E-state index contributed by atoms with van der Waals surface area (Å²) in [5, 5.41) is 3.62. The molecule has 0 saturated carbocycles. The molecule has 0 saturated heterocycles. The maximum Gasteiger partial charge on any atom is 0.253 e. The fraction of sp³-hybridized carbons (Fsp3) is 0.333. The molecule has 0 aliphatic carbocycles. The van der Waals surface area contributed by atoms with Crippen LogP contribution in [0.1, 0.15) is 17.9 Å². The van der Waals surface area contributed by atoms with Gasteiger partial charge in [0.2, 0.25) is 5.91 Å². The summed E-state index contributed by atoms with van der Waals surface area (Å²) in [5.74, 6) is -1.74. The second-order valence-corrected chi connectivity index (χ2v) is 4.05. The third kappa shape index (κ3) is 2.19. The van der Waals surface area contributed by atoms with Gasteiger partial charge in [-0.1, -0.05) is 6.07 Å². The number of nitrogens with zero attached hydrogens (tertiary/aromatic N) is 1. The van der Waals surface area contributed by atoms with Crippen LogP contribution in [0.4, 0.5) is 10.1 Å². The Morgan fingerprint density at radius 1 is 1.56 bits per heavy atom. The summed E-state index contributed by atoms with van der Waals surface area (Å²) < 4.78 is 13.1. The first-order valence-corrected chi connectivity index (χ1v) is 5.44. The molecule has 1 aliphatic rings. The lowest BCUT2D eigenvalue weighted by Gasteiger charge is -2.27. The standard InChI is InChI=1S/C12H13FN2O3/c1-15(18-2)12(17)9-6-11(16)14-10-5-7(13)3-4-8(9)10/h3-5,9H,6H2,1-2H3,(H,14,16). The predicted octanol–water partition coefficient (Wildman–Crippen LogP) is 1.27. The van der Waals surface area contributed by atoms with Gasteiger partial charge in [-0.15, -0.1) is 0 Å². The Morgan fingerprint density at radius 3 is 2.94 bits per heavy atom. The van der Waals surface area contributed by atoms with Gasteiger partial charge in [-0.05, 0) is 17.7 Å². The molecule has 1 heterocycles. The molecule has 1 aromatic carbocycles. The zero-order chi connectivity index (χ0) is 13.3. The van der Waals surface area contributed by atoms with Crippen LogP contribution in [-0.4, -0.2) is 31.0 Å². The van der Waals surface area contributed by atoms with E-state index in [0.29, 0.717) is 11.3 Å². The van der Waals surface area contributed by atoms with Crippen LogP contribution in [0.3, 0.4) is 0 Å². The number of rotatable bonds is 2. The van der Waals surface area contributed by atoms with Gasteiger partial charge in [0.25, 0.3) is 5.91 Å². The summed E-state index contributed by atoms with van der Waals surface area (Å²) in [5.41, 5.74) is 0.944. The van der Waals surface area contributed by atoms with E-state index in [1.165, 1.54) is 32.4 Å². The average molecular weight is 252 g/mol. The number of fused-ring (bicyclic) bond motifs is 1. The van der Waals surface area contributed by atoms with Gasteiger partial charge in [0.1, 0.15) is 5.82 Å². The molecular formula is C12H13FN2O3. The van der Waals surface area contributed by atoms with Crippen LogP contribution in [-0.2, 0) is 14.4 Å². The van der Waals surface area contributed by atoms with Gasteiger partial charge in [-0.2, -0.15) is 0 Å². The minimum atomic E-state index is -0.640. The zero-order valence-corrected chi connectivity index (χ0v) is 10.1. The van der Waals surface area contributed by atoms with Crippen LogP contribution in [0.25, 0.3) is 0 Å². The van der Waals surface area contributed by atoms with Crippen LogP contribution in [0.15, 0.2) is 18.2 Å². The van der Waals surface area contributed by atoms with Crippen LogP contribution < -0.4 is 5.32 Å². The molecule has 6 heteroatoms. The quantitative estimate of drug-likeness (QED) is 0.806. The number of anilines is 1. The molecule has 1 aliphatic heterocycles. The summed E-state index contributed by atoms with van der Waals surface area (Å²) in [6.45, 7) is 0. The molecule has 0 radical (unpaired) electrons. The van der Waals surface area contributed by atoms with Crippen molar-refractivity contribution in [2.24, 2.45) is 0 Å². The number of hydrogen-bond acceptors (Lipinski definition) is 3. The number of amides is 2. The number of carbonyl (C=O) groups is 2. The third-order valence-electron chi connectivity index (χ3n) is 2.94. The van der Waals surface area contributed by atoms with Gasteiger partial charge >= 0.3 is 0 Å². The largest absolute Gasteiger partial charge is 0.326 e. The first-order valence-electron chi connectivity index (χ1n) is 5.44. The van der Waals surface area contributed by atoms with E-state index in [0.717, 1.165) is 5.06 Å². The van der Waals surface area contributed by atoms with Crippen molar-refractivity contribution in [1.29, 1.82) is 0 Å². The van der Waals surface area contributed by atoms with Crippen molar-refractivity contribution < 1.29 is 18.8 Å². The number of nitrogens with one attached hydrogen (secondary N) is 1. The average Bonchev–Trinajstić information content (AvgIpc) is 2.35. The minimum absolute atomic E-state index is 0.0329. The molecule has 18 heavy (non-hydrogen) atoms. The fourth-order valence-corrected chi connectivity index (χ4v) is 1.97. The summed E-state index contributed by atoms with van der Waals surface area (Å²) in [6, 6.07) is 3.99. The van der Waals surface area contributed by atoms with Gasteiger partial charge in [-0.25, -0.2) is 9.45 Å². The Balaban J connectivity index is 2.39. The lowest BCUT2D eigenvalue weighted by Crippen LogP contribution is -2.35. The zero-order valence-electron chi connectivity index (χ0n) is 10.1. The smallest absolute Gasteiger partial charge is 0.253 e. The number of benzene rings is 1. The van der Waals surface area contributed by atoms with Gasteiger partial charge in [0.15, 0.2) is 0 Å². The van der Waals surface area contributed by atoms with Crippen LogP contribution in [0.5, 0.6) is 0 Å². The van der Waals surface area contributed by atoms with Crippen LogP contribution >= 0.6 is 0 Å². The maximum atomic E-state index is 13.1. The summed E-state index contributed by atoms with van der Waals surface area (Å²) in [6.07, 6.45) is 0.0329. The topological polar surface area (TPSA) is 58.6 Å². The van der Waals surface area contributed by atoms with Gasteiger partial charge in [-0.3, -0.25) is 14.4 Å². The molecule has 96 valence electrons. The highest BCUT2D eigenvalue weighted by Gasteiger charge is 2.32. The van der Waals surface area contributed by atoms with Crippen molar-refractivity contribution in [2.45, 2.75) is 12.3 Å². The number of halogens is 1. The molecule has 0 spiro atoms. The fourth-order valence-electron chi connectivity index (χ4n) is 1.97. The second-order valence-electron chi connectivity index (χ2n) is 4.05. The van der Waals surface area contributed by atoms with E-state index >= 15 is 0 Å². The van der Waals surface area contributed by atoms with Gasteiger partial charge < -0.3 is 5.32 Å². The van der Waals surface area contributed by atoms with Crippen molar-refractivity contribution in [3.63, 3.8) is 0 Å². The maximum absolute atomic E-state index is 13.1. The first-order chi connectivity index (χ1) is 8.52. The van der Waals surface area contributed by atoms with E-state index in [4.69, 9.17) is 4.84 Å². The monoisotopic (exact) mass is 252 g/mol. The Kier molecular flexibility index (Phi) is 3.29. The van der Waals surface area contributed by atoms with E-state index in [9.17, 15) is 14.0 Å². The molecule has 0 aromatic heterocycles. The van der Waals surface area contributed by atoms with Gasteiger partial charge in [0.05, 0.1) is 13.0 Å². The first kappa shape index (κ1) is 12.5. The normalized spacial score (nSPS) is 17.9. The lowest BCUT2D eigenvalue weighted by molar-refractivity contribution is -0.171. The summed E-state index contributed by atoms with van der Waals surface area (Å²) in [7, 11) is 2.84. The molecule has 1 unspecified atom stereocenters. The van der Waals surface area contributed by atoms with E-state index in [1.807, 2.05) is 0 Å². The van der Waals surface area contributed by atoms with E-state index in [-0.39, 0.29) is 18.2 Å². The molecule has 1 atom stereocenters. The summed E-state index contributed by atoms with van der Waals surface area (Å²) >= 11 is 0. The Morgan fingerprint density at radius 2 is 2.28 bits per heavy atom. The molecular weight excluding hydrogens is 239 g/mol. The Hall–Kier alpha value is -1.95. The Bertz CT molecular complexity index is 504. The molecule has 0 bridgehead atoms. The predicted molar refractivity (Wildman–Crippen MR) is 62.2 cm³/mol. The molecule has 5 nitrogen and oxygen atoms in total. The van der Waals surface area contributed by atoms with E-state index in [2.05, 4.69) is 5.32 Å². The molecule has 2 amide bonds. The highest BCUT2D eigenvalue weighted by molar-refractivity contribution is 6.00. The Labute approximate surface area is 103 Å². The SMILES string of the molecule is CON(C)C(=O)C1CC(=O)Nc2cc(F)ccc21. The van der Waals surface area contributed by atoms with E-state index < -0.39 is 11.7 Å². The van der Waals surface area contributed by atoms with Crippen molar-refractivity contribution >= 4 is 17.5 Å². The van der Waals surface area contributed by atoms with Crippen LogP contribution in [0, 0.1) is 5.82 Å². The number of hydrogen-bond donors (Lipinski definition) is 1. The summed E-state index contributed by atoms with van der Waals surface area (Å²) in [4.78, 5) is 28.4. The van der Waals surface area contributed by atoms with Gasteiger partial charge in [0, 0.05) is 19.2 Å². The molecule has 1 aromatic rings. The lowest BCUT2D eigenvalue weighted by atomic mass is 9.89. The molecule has 0 fully saturated rings. The van der Waals surface area contributed by atoms with Crippen molar-refractivity contribution in [3.05, 3.63) is 29.6 Å². The second kappa shape index (κ2) is 4.73. The van der Waals surface area contributed by atoms with E-state index in [1.54, 1.807) is 0 Å². The third-order valence-corrected chi connectivity index (χ3v) is 2.94. The molecule has 2 rings (SSSR count). The van der Waals surface area contributed by atoms with Crippen LogP contribution in [0.2, 0.25) is 0 Å². The van der Waals surface area contributed by atoms with Crippen molar-refractivity contribution in [2.75, 3.05) is 19.5 Å². The number of carbonyl (C=O) groups excluding carboxylic acids is 2. The van der Waals surface area contributed by atoms with Crippen molar-refractivity contribution in [3.8, 4) is 0 Å². The minimum Gasteiger partial charge on any atom is -0.326 e. The highest BCUT2D eigenvalue weighted by atomic mass is 19.1. The molecule has 1 N–H and O–H groups in total. The number of hydroxylamine groups is 2. The van der Waals surface area contributed by atoms with Crippen molar-refractivity contribution in [1.82, 2.24) is 5.06 Å². The number of likely N-dealkylation sites (N-methyl/N-ethyl adjacent to an activating group) is 1. The highest BCUT2D eigenvalue weighted by Crippen LogP contribution is 2.33.